The van der Waals surface area contributed by atoms with E-state index < -0.39 is 0 Å². The lowest BCUT2D eigenvalue weighted by atomic mass is 10.1. The van der Waals surface area contributed by atoms with Gasteiger partial charge in [0, 0.05) is 5.75 Å². The summed E-state index contributed by atoms with van der Waals surface area (Å²) in [6.45, 7) is 0. The van der Waals surface area contributed by atoms with Gasteiger partial charge in [0.2, 0.25) is 0 Å². The van der Waals surface area contributed by atoms with Crippen LogP contribution in [0.1, 0.15) is 12.8 Å². The molecule has 0 aromatic rings. The quantitative estimate of drug-likeness (QED) is 0.489. The van der Waals surface area contributed by atoms with E-state index in [4.69, 9.17) is 5.41 Å². The highest BCUT2D eigenvalue weighted by molar-refractivity contribution is 8.12. The first-order valence-electron chi connectivity index (χ1n) is 3.39. The Kier molecular flexibility index (Phi) is 3.30. The van der Waals surface area contributed by atoms with Crippen molar-refractivity contribution in [2.75, 3.05) is 5.75 Å². The highest BCUT2D eigenvalue weighted by Gasteiger charge is 1.94. The van der Waals surface area contributed by atoms with Gasteiger partial charge in [0.1, 0.15) is 0 Å². The minimum atomic E-state index is 0.958. The Balaban J connectivity index is 2.32. The summed E-state index contributed by atoms with van der Waals surface area (Å²) in [5, 5.41) is 6.81. The van der Waals surface area contributed by atoms with Crippen LogP contribution < -0.4 is 0 Å². The molecule has 0 radical (unpaired) electrons. The van der Waals surface area contributed by atoms with Gasteiger partial charge in [0.05, 0.1) is 5.55 Å². The SMILES string of the molecule is N=CSCC1=CCCC=C1. The van der Waals surface area contributed by atoms with Crippen LogP contribution in [0.25, 0.3) is 0 Å². The maximum absolute atomic E-state index is 6.81. The predicted octanol–water partition coefficient (Wildman–Crippen LogP) is 2.60. The van der Waals surface area contributed by atoms with Gasteiger partial charge >= 0.3 is 0 Å². The molecule has 54 valence electrons. The molecule has 0 unspecified atom stereocenters. The summed E-state index contributed by atoms with van der Waals surface area (Å²) in [6.07, 6.45) is 8.94. The molecule has 0 fully saturated rings. The summed E-state index contributed by atoms with van der Waals surface area (Å²) in [4.78, 5) is 0. The molecule has 1 nitrogen and oxygen atoms in total. The van der Waals surface area contributed by atoms with E-state index in [2.05, 4.69) is 18.2 Å². The van der Waals surface area contributed by atoms with Gasteiger partial charge in [0.15, 0.2) is 0 Å². The molecule has 0 atom stereocenters. The Labute approximate surface area is 65.7 Å². The molecule has 1 rings (SSSR count). The lowest BCUT2D eigenvalue weighted by Gasteiger charge is -2.02. The van der Waals surface area contributed by atoms with Gasteiger partial charge in [-0.1, -0.05) is 18.2 Å². The van der Waals surface area contributed by atoms with Crippen LogP contribution >= 0.6 is 11.8 Å². The molecule has 10 heavy (non-hydrogen) atoms. The van der Waals surface area contributed by atoms with Crippen molar-refractivity contribution in [1.82, 2.24) is 0 Å². The Morgan fingerprint density at radius 2 is 2.50 bits per heavy atom. The number of nitrogens with one attached hydrogen (secondary N) is 1. The van der Waals surface area contributed by atoms with E-state index in [0.717, 1.165) is 5.75 Å². The molecule has 0 bridgehead atoms. The predicted molar refractivity (Wildman–Crippen MR) is 47.7 cm³/mol. The van der Waals surface area contributed by atoms with Gasteiger partial charge in [0.25, 0.3) is 0 Å². The van der Waals surface area contributed by atoms with Gasteiger partial charge in [-0.25, -0.2) is 0 Å². The van der Waals surface area contributed by atoms with Crippen LogP contribution in [0.2, 0.25) is 0 Å². The van der Waals surface area contributed by atoms with Crippen molar-refractivity contribution in [2.24, 2.45) is 0 Å². The summed E-state index contributed by atoms with van der Waals surface area (Å²) in [7, 11) is 0. The van der Waals surface area contributed by atoms with Crippen molar-refractivity contribution in [1.29, 1.82) is 5.41 Å². The van der Waals surface area contributed by atoms with E-state index in [1.807, 2.05) is 0 Å². The third kappa shape index (κ3) is 2.40. The number of hydrogen-bond acceptors (Lipinski definition) is 2. The number of hydrogen-bond donors (Lipinski definition) is 1. The first kappa shape index (κ1) is 7.61. The Morgan fingerprint density at radius 3 is 3.10 bits per heavy atom. The normalized spacial score (nSPS) is 16.6. The number of thioether (sulfide) groups is 1. The van der Waals surface area contributed by atoms with Gasteiger partial charge < -0.3 is 5.41 Å². The van der Waals surface area contributed by atoms with E-state index in [0.29, 0.717) is 0 Å². The summed E-state index contributed by atoms with van der Waals surface area (Å²) in [5.41, 5.74) is 2.75. The average Bonchev–Trinajstić information content (AvgIpc) is 2.03. The Bertz CT molecular complexity index is 170. The molecule has 0 amide bonds. The van der Waals surface area contributed by atoms with Crippen molar-refractivity contribution in [3.8, 4) is 0 Å². The lowest BCUT2D eigenvalue weighted by Crippen LogP contribution is -1.87. The minimum absolute atomic E-state index is 0.958. The average molecular weight is 153 g/mol. The number of allylic oxidation sites excluding steroid dienone is 3. The molecule has 0 aliphatic heterocycles. The molecule has 0 heterocycles. The summed E-state index contributed by atoms with van der Waals surface area (Å²) in [5.74, 6) is 0.958. The summed E-state index contributed by atoms with van der Waals surface area (Å²) >= 11 is 1.54. The fourth-order valence-corrected chi connectivity index (χ4v) is 1.40. The molecule has 2 heteroatoms. The molecular formula is C8H11NS. The van der Waals surface area contributed by atoms with Crippen LogP contribution in [0.5, 0.6) is 0 Å². The molecule has 0 saturated heterocycles. The Hall–Kier alpha value is -0.500. The standard InChI is InChI=1S/C8H11NS/c9-7-10-6-8-4-2-1-3-5-8/h2,4-5,7,9H,1,3,6H2. The van der Waals surface area contributed by atoms with Crippen LogP contribution in [0.15, 0.2) is 23.8 Å². The second-order valence-electron chi connectivity index (χ2n) is 2.19. The Morgan fingerprint density at radius 1 is 1.60 bits per heavy atom. The molecular weight excluding hydrogens is 142 g/mol. The highest BCUT2D eigenvalue weighted by atomic mass is 32.2. The van der Waals surface area contributed by atoms with Gasteiger partial charge in [-0.2, -0.15) is 0 Å². The second-order valence-corrected chi connectivity index (χ2v) is 3.05. The lowest BCUT2D eigenvalue weighted by molar-refractivity contribution is 1.02. The van der Waals surface area contributed by atoms with Crippen molar-refractivity contribution in [3.63, 3.8) is 0 Å². The van der Waals surface area contributed by atoms with Crippen LogP contribution in [-0.4, -0.2) is 11.3 Å². The van der Waals surface area contributed by atoms with E-state index >= 15 is 0 Å². The third-order valence-corrected chi connectivity index (χ3v) is 2.07. The molecule has 0 spiro atoms. The zero-order valence-corrected chi connectivity index (χ0v) is 6.66. The van der Waals surface area contributed by atoms with Gasteiger partial charge in [-0.05, 0) is 18.4 Å². The molecule has 1 aliphatic rings. The first-order valence-corrected chi connectivity index (χ1v) is 4.44. The fourth-order valence-electron chi connectivity index (χ4n) is 0.913. The van der Waals surface area contributed by atoms with Crippen LogP contribution in [0, 0.1) is 5.41 Å². The number of rotatable bonds is 3. The van der Waals surface area contributed by atoms with E-state index in [-0.39, 0.29) is 0 Å². The largest absolute Gasteiger partial charge is 0.302 e. The second kappa shape index (κ2) is 4.34. The fraction of sp³-hybridized carbons (Fsp3) is 0.375. The van der Waals surface area contributed by atoms with Crippen molar-refractivity contribution >= 4 is 17.3 Å². The minimum Gasteiger partial charge on any atom is -0.302 e. The van der Waals surface area contributed by atoms with Crippen LogP contribution in [-0.2, 0) is 0 Å². The summed E-state index contributed by atoms with van der Waals surface area (Å²) in [6, 6.07) is 0. The van der Waals surface area contributed by atoms with Gasteiger partial charge in [-0.15, -0.1) is 11.8 Å². The third-order valence-electron chi connectivity index (χ3n) is 1.41. The maximum Gasteiger partial charge on any atom is 0.0509 e. The molecule has 0 aromatic heterocycles. The van der Waals surface area contributed by atoms with Crippen molar-refractivity contribution in [3.05, 3.63) is 23.8 Å². The highest BCUT2D eigenvalue weighted by Crippen LogP contribution is 2.13. The van der Waals surface area contributed by atoms with Gasteiger partial charge in [-0.3, -0.25) is 0 Å². The smallest absolute Gasteiger partial charge is 0.0509 e. The van der Waals surface area contributed by atoms with E-state index in [1.54, 1.807) is 0 Å². The molecule has 0 saturated carbocycles. The topological polar surface area (TPSA) is 23.9 Å². The summed E-state index contributed by atoms with van der Waals surface area (Å²) < 4.78 is 0. The van der Waals surface area contributed by atoms with E-state index in [1.165, 1.54) is 35.7 Å². The molecule has 1 aliphatic carbocycles. The molecule has 0 aromatic carbocycles. The van der Waals surface area contributed by atoms with Crippen molar-refractivity contribution < 1.29 is 0 Å². The maximum atomic E-state index is 6.81. The first-order chi connectivity index (χ1) is 4.93. The van der Waals surface area contributed by atoms with Crippen LogP contribution in [0.4, 0.5) is 0 Å². The van der Waals surface area contributed by atoms with E-state index in [9.17, 15) is 0 Å². The zero-order valence-electron chi connectivity index (χ0n) is 5.84. The molecule has 1 N–H and O–H groups in total. The zero-order chi connectivity index (χ0) is 7.23. The van der Waals surface area contributed by atoms with Crippen LogP contribution in [0.3, 0.4) is 0 Å². The van der Waals surface area contributed by atoms with Crippen molar-refractivity contribution in [2.45, 2.75) is 12.8 Å². The monoisotopic (exact) mass is 153 g/mol.